The van der Waals surface area contributed by atoms with Gasteiger partial charge in [0.25, 0.3) is 0 Å². The molecular weight excluding hydrogens is 270 g/mol. The molecule has 1 saturated carbocycles. The summed E-state index contributed by atoms with van der Waals surface area (Å²) < 4.78 is 0. The van der Waals surface area contributed by atoms with Crippen molar-refractivity contribution in [3.05, 3.63) is 0 Å². The quantitative estimate of drug-likeness (QED) is 0.430. The summed E-state index contributed by atoms with van der Waals surface area (Å²) >= 11 is 0. The smallest absolute Gasteiger partial charge is 0.243 e. The van der Waals surface area contributed by atoms with Gasteiger partial charge in [-0.25, -0.2) is 5.84 Å². The minimum absolute atomic E-state index is 0.313. The second-order valence-electron chi connectivity index (χ2n) is 5.38. The third-order valence-corrected chi connectivity index (χ3v) is 3.91. The van der Waals surface area contributed by atoms with Crippen LogP contribution >= 0.6 is 0 Å². The zero-order chi connectivity index (χ0) is 15.3. The summed E-state index contributed by atoms with van der Waals surface area (Å²) in [5.74, 6) is 6.73. The molecule has 118 valence electrons. The standard InChI is InChI=1S/C13H25N7O/c1-3-20(4-2)12-17-10(16-11(18-12)19-14)15-9-13(21)7-5-6-8-13/h21H,3-9,14H2,1-2H3,(H2,15,16,17,18,19). The fourth-order valence-corrected chi connectivity index (χ4v) is 2.61. The van der Waals surface area contributed by atoms with Crippen LogP contribution in [0, 0.1) is 0 Å². The molecule has 1 aromatic rings. The number of hydrazine groups is 1. The third kappa shape index (κ3) is 3.92. The van der Waals surface area contributed by atoms with Crippen molar-refractivity contribution in [2.45, 2.75) is 45.1 Å². The summed E-state index contributed by atoms with van der Waals surface area (Å²) in [5.41, 5.74) is 1.80. The van der Waals surface area contributed by atoms with E-state index in [2.05, 4.69) is 25.7 Å². The van der Waals surface area contributed by atoms with Crippen LogP contribution in [-0.2, 0) is 0 Å². The summed E-state index contributed by atoms with van der Waals surface area (Å²) in [7, 11) is 0. The molecule has 1 aliphatic rings. The highest BCUT2D eigenvalue weighted by molar-refractivity contribution is 5.43. The predicted molar refractivity (Wildman–Crippen MR) is 83.1 cm³/mol. The van der Waals surface area contributed by atoms with Crippen LogP contribution in [0.15, 0.2) is 0 Å². The van der Waals surface area contributed by atoms with Crippen LogP contribution in [0.2, 0.25) is 0 Å². The first kappa shape index (κ1) is 15.7. The maximum atomic E-state index is 10.4. The van der Waals surface area contributed by atoms with Gasteiger partial charge in [0.1, 0.15) is 0 Å². The number of aliphatic hydroxyl groups is 1. The lowest BCUT2D eigenvalue weighted by Gasteiger charge is -2.23. The van der Waals surface area contributed by atoms with Crippen LogP contribution in [0.3, 0.4) is 0 Å². The van der Waals surface area contributed by atoms with Gasteiger partial charge in [-0.3, -0.25) is 5.43 Å². The van der Waals surface area contributed by atoms with E-state index in [9.17, 15) is 5.11 Å². The van der Waals surface area contributed by atoms with Gasteiger partial charge in [-0.15, -0.1) is 0 Å². The summed E-state index contributed by atoms with van der Waals surface area (Å²) in [6, 6.07) is 0. The van der Waals surface area contributed by atoms with E-state index in [4.69, 9.17) is 5.84 Å². The molecule has 0 bridgehead atoms. The molecule has 2 rings (SSSR count). The molecule has 0 unspecified atom stereocenters. The van der Waals surface area contributed by atoms with Crippen LogP contribution in [0.4, 0.5) is 17.8 Å². The molecule has 1 aliphatic carbocycles. The fraction of sp³-hybridized carbons (Fsp3) is 0.769. The molecule has 0 saturated heterocycles. The molecule has 8 heteroatoms. The van der Waals surface area contributed by atoms with E-state index in [0.717, 1.165) is 38.8 Å². The normalized spacial score (nSPS) is 16.8. The first-order valence-electron chi connectivity index (χ1n) is 7.54. The van der Waals surface area contributed by atoms with Crippen molar-refractivity contribution in [2.24, 2.45) is 5.84 Å². The lowest BCUT2D eigenvalue weighted by atomic mass is 10.0. The molecule has 21 heavy (non-hydrogen) atoms. The molecule has 0 amide bonds. The highest BCUT2D eigenvalue weighted by atomic mass is 16.3. The molecule has 1 heterocycles. The largest absolute Gasteiger partial charge is 0.388 e. The lowest BCUT2D eigenvalue weighted by Crippen LogP contribution is -2.34. The van der Waals surface area contributed by atoms with E-state index in [1.165, 1.54) is 0 Å². The zero-order valence-corrected chi connectivity index (χ0v) is 12.8. The van der Waals surface area contributed by atoms with Gasteiger partial charge < -0.3 is 15.3 Å². The SMILES string of the molecule is CCN(CC)c1nc(NN)nc(NCC2(O)CCCC2)n1. The Labute approximate surface area is 125 Å². The molecule has 0 aromatic carbocycles. The number of hydrogen-bond acceptors (Lipinski definition) is 8. The monoisotopic (exact) mass is 295 g/mol. The number of nitrogens with one attached hydrogen (secondary N) is 2. The van der Waals surface area contributed by atoms with Gasteiger partial charge in [0, 0.05) is 19.6 Å². The van der Waals surface area contributed by atoms with Crippen molar-refractivity contribution in [3.63, 3.8) is 0 Å². The first-order valence-corrected chi connectivity index (χ1v) is 7.54. The van der Waals surface area contributed by atoms with Gasteiger partial charge in [0.05, 0.1) is 5.60 Å². The molecule has 1 fully saturated rings. The second-order valence-corrected chi connectivity index (χ2v) is 5.38. The Hall–Kier alpha value is -1.67. The third-order valence-electron chi connectivity index (χ3n) is 3.91. The lowest BCUT2D eigenvalue weighted by molar-refractivity contribution is 0.0613. The molecule has 5 N–H and O–H groups in total. The van der Waals surface area contributed by atoms with E-state index in [-0.39, 0.29) is 0 Å². The number of nitrogens with zero attached hydrogens (tertiary/aromatic N) is 4. The first-order chi connectivity index (χ1) is 10.1. The van der Waals surface area contributed by atoms with Crippen LogP contribution in [0.1, 0.15) is 39.5 Å². The highest BCUT2D eigenvalue weighted by Crippen LogP contribution is 2.29. The van der Waals surface area contributed by atoms with Gasteiger partial charge in [-0.2, -0.15) is 15.0 Å². The average molecular weight is 295 g/mol. The molecule has 0 spiro atoms. The molecule has 0 radical (unpaired) electrons. The van der Waals surface area contributed by atoms with Crippen molar-refractivity contribution in [2.75, 3.05) is 35.3 Å². The summed E-state index contributed by atoms with van der Waals surface area (Å²) in [6.07, 6.45) is 3.76. The number of rotatable bonds is 7. The number of hydrogen-bond donors (Lipinski definition) is 4. The molecule has 1 aromatic heterocycles. The summed E-state index contributed by atoms with van der Waals surface area (Å²) in [5, 5.41) is 13.5. The molecule has 8 nitrogen and oxygen atoms in total. The van der Waals surface area contributed by atoms with E-state index in [0.29, 0.717) is 24.4 Å². The Balaban J connectivity index is 2.12. The van der Waals surface area contributed by atoms with Crippen LogP contribution < -0.4 is 21.5 Å². The van der Waals surface area contributed by atoms with Gasteiger partial charge in [-0.05, 0) is 26.7 Å². The van der Waals surface area contributed by atoms with E-state index < -0.39 is 5.60 Å². The zero-order valence-electron chi connectivity index (χ0n) is 12.8. The molecular formula is C13H25N7O. The van der Waals surface area contributed by atoms with Crippen molar-refractivity contribution < 1.29 is 5.11 Å². The summed E-state index contributed by atoms with van der Waals surface area (Å²) in [6.45, 7) is 6.12. The maximum Gasteiger partial charge on any atom is 0.243 e. The molecule has 0 atom stereocenters. The van der Waals surface area contributed by atoms with Crippen LogP contribution in [0.25, 0.3) is 0 Å². The average Bonchev–Trinajstić information content (AvgIpc) is 2.93. The minimum Gasteiger partial charge on any atom is -0.388 e. The van der Waals surface area contributed by atoms with Crippen LogP contribution in [-0.4, -0.2) is 45.3 Å². The van der Waals surface area contributed by atoms with Crippen molar-refractivity contribution >= 4 is 17.8 Å². The van der Waals surface area contributed by atoms with E-state index in [1.807, 2.05) is 18.7 Å². The van der Waals surface area contributed by atoms with E-state index in [1.54, 1.807) is 0 Å². The Bertz CT molecular complexity index is 458. The van der Waals surface area contributed by atoms with Crippen molar-refractivity contribution in [1.29, 1.82) is 0 Å². The Morgan fingerprint density at radius 2 is 1.76 bits per heavy atom. The topological polar surface area (TPSA) is 112 Å². The minimum atomic E-state index is -0.654. The second kappa shape index (κ2) is 6.86. The van der Waals surface area contributed by atoms with Gasteiger partial charge >= 0.3 is 0 Å². The number of nitrogens with two attached hydrogens (primary N) is 1. The summed E-state index contributed by atoms with van der Waals surface area (Å²) in [4.78, 5) is 14.9. The Kier molecular flexibility index (Phi) is 5.13. The Morgan fingerprint density at radius 3 is 2.33 bits per heavy atom. The maximum absolute atomic E-state index is 10.4. The van der Waals surface area contributed by atoms with Gasteiger partial charge in [0.15, 0.2) is 0 Å². The van der Waals surface area contributed by atoms with E-state index >= 15 is 0 Å². The van der Waals surface area contributed by atoms with Gasteiger partial charge in [-0.1, -0.05) is 12.8 Å². The van der Waals surface area contributed by atoms with Gasteiger partial charge in [0.2, 0.25) is 17.8 Å². The predicted octanol–water partition coefficient (Wildman–Crippen LogP) is 0.720. The number of aromatic nitrogens is 3. The number of anilines is 3. The Morgan fingerprint density at radius 1 is 1.14 bits per heavy atom. The van der Waals surface area contributed by atoms with Crippen molar-refractivity contribution in [3.8, 4) is 0 Å². The van der Waals surface area contributed by atoms with Crippen molar-refractivity contribution in [1.82, 2.24) is 15.0 Å². The fourth-order valence-electron chi connectivity index (χ4n) is 2.61. The number of nitrogen functional groups attached to an aromatic ring is 1. The highest BCUT2D eigenvalue weighted by Gasteiger charge is 2.31. The van der Waals surface area contributed by atoms with Crippen LogP contribution in [0.5, 0.6) is 0 Å². The molecule has 0 aliphatic heterocycles.